The third kappa shape index (κ3) is 3.00. The van der Waals surface area contributed by atoms with Gasteiger partial charge in [-0.3, -0.25) is 4.79 Å². The van der Waals surface area contributed by atoms with Crippen molar-refractivity contribution in [3.63, 3.8) is 0 Å². The molecule has 4 heterocycles. The summed E-state index contributed by atoms with van der Waals surface area (Å²) in [5, 5.41) is 13.8. The average Bonchev–Trinajstić information content (AvgIpc) is 3.31. The molecule has 0 spiro atoms. The lowest BCUT2D eigenvalue weighted by atomic mass is 9.99. The molecule has 140 valence electrons. The minimum absolute atomic E-state index is 0.0195. The minimum Gasteiger partial charge on any atom is -0.337 e. The molecule has 5 rings (SSSR count). The largest absolute Gasteiger partial charge is 0.337 e. The van der Waals surface area contributed by atoms with Gasteiger partial charge in [0.25, 0.3) is 5.91 Å². The van der Waals surface area contributed by atoms with E-state index in [9.17, 15) is 4.79 Å². The van der Waals surface area contributed by atoms with Gasteiger partial charge in [-0.05, 0) is 56.7 Å². The fourth-order valence-corrected chi connectivity index (χ4v) is 4.39. The van der Waals surface area contributed by atoms with Crippen LogP contribution in [0.2, 0.25) is 5.02 Å². The second-order valence-corrected chi connectivity index (χ2v) is 7.84. The number of likely N-dealkylation sites (tertiary alicyclic amines) is 1. The van der Waals surface area contributed by atoms with E-state index in [1.807, 2.05) is 11.0 Å². The van der Waals surface area contributed by atoms with Crippen molar-refractivity contribution in [1.82, 2.24) is 29.5 Å². The zero-order valence-corrected chi connectivity index (χ0v) is 15.8. The Balaban J connectivity index is 1.29. The molecule has 0 bridgehead atoms. The molecule has 1 saturated heterocycles. The number of rotatable bonds is 2. The zero-order valence-electron chi connectivity index (χ0n) is 15.0. The van der Waals surface area contributed by atoms with Gasteiger partial charge in [-0.2, -0.15) is 5.10 Å². The molecule has 0 unspecified atom stereocenters. The van der Waals surface area contributed by atoms with Crippen LogP contribution >= 0.6 is 11.6 Å². The molecule has 0 atom stereocenters. The van der Waals surface area contributed by atoms with Crippen molar-refractivity contribution >= 4 is 23.0 Å². The van der Waals surface area contributed by atoms with E-state index < -0.39 is 0 Å². The van der Waals surface area contributed by atoms with Crippen molar-refractivity contribution in [2.75, 3.05) is 13.1 Å². The summed E-state index contributed by atoms with van der Waals surface area (Å²) in [7, 11) is 0. The Bertz CT molecular complexity index is 1000. The summed E-state index contributed by atoms with van der Waals surface area (Å²) in [6, 6.07) is 5.71. The van der Waals surface area contributed by atoms with Crippen molar-refractivity contribution in [3.8, 4) is 0 Å². The van der Waals surface area contributed by atoms with Gasteiger partial charge in [0.1, 0.15) is 0 Å². The van der Waals surface area contributed by atoms with Crippen molar-refractivity contribution in [2.45, 2.75) is 44.6 Å². The van der Waals surface area contributed by atoms with Gasteiger partial charge in [-0.15, -0.1) is 5.10 Å². The molecule has 27 heavy (non-hydrogen) atoms. The van der Waals surface area contributed by atoms with E-state index in [4.69, 9.17) is 11.6 Å². The third-order valence-corrected chi connectivity index (χ3v) is 5.93. The summed E-state index contributed by atoms with van der Waals surface area (Å²) in [6.45, 7) is 1.43. The van der Waals surface area contributed by atoms with E-state index in [1.54, 1.807) is 22.8 Å². The molecule has 0 saturated carbocycles. The van der Waals surface area contributed by atoms with E-state index in [-0.39, 0.29) is 5.91 Å². The van der Waals surface area contributed by atoms with Gasteiger partial charge in [-0.25, -0.2) is 9.20 Å². The van der Waals surface area contributed by atoms with E-state index in [2.05, 4.69) is 20.1 Å². The summed E-state index contributed by atoms with van der Waals surface area (Å²) in [5.74, 6) is -0.0195. The van der Waals surface area contributed by atoms with Crippen LogP contribution in [0.3, 0.4) is 0 Å². The number of hydrogen-bond donors (Lipinski definition) is 0. The Morgan fingerprint density at radius 1 is 1.15 bits per heavy atom. The topological polar surface area (TPSA) is 68.3 Å². The number of fused-ring (bicyclic) bond motifs is 2. The van der Waals surface area contributed by atoms with Crippen LogP contribution in [0.25, 0.3) is 5.52 Å². The van der Waals surface area contributed by atoms with E-state index >= 15 is 0 Å². The maximum absolute atomic E-state index is 12.9. The normalized spacial score (nSPS) is 18.0. The first-order chi connectivity index (χ1) is 13.2. The van der Waals surface area contributed by atoms with Crippen molar-refractivity contribution < 1.29 is 4.79 Å². The highest BCUT2D eigenvalue weighted by atomic mass is 35.5. The maximum Gasteiger partial charge on any atom is 0.274 e. The summed E-state index contributed by atoms with van der Waals surface area (Å²) in [6.07, 6.45) is 8.13. The molecular weight excluding hydrogens is 364 g/mol. The molecule has 0 aromatic carbocycles. The highest BCUT2D eigenvalue weighted by Gasteiger charge is 2.29. The summed E-state index contributed by atoms with van der Waals surface area (Å²) in [4.78, 5) is 14.8. The fourth-order valence-electron chi connectivity index (χ4n) is 4.22. The van der Waals surface area contributed by atoms with E-state index in [1.165, 1.54) is 24.2 Å². The van der Waals surface area contributed by atoms with Crippen LogP contribution in [-0.2, 0) is 12.8 Å². The quantitative estimate of drug-likeness (QED) is 0.681. The van der Waals surface area contributed by atoms with Crippen molar-refractivity contribution in [2.24, 2.45) is 0 Å². The number of pyridine rings is 1. The number of aromatic nitrogens is 5. The number of amides is 1. The van der Waals surface area contributed by atoms with Gasteiger partial charge in [0.2, 0.25) is 0 Å². The molecule has 1 aliphatic carbocycles. The van der Waals surface area contributed by atoms with Gasteiger partial charge >= 0.3 is 0 Å². The predicted molar refractivity (Wildman–Crippen MR) is 101 cm³/mol. The Hall–Kier alpha value is -2.41. The van der Waals surface area contributed by atoms with Crippen molar-refractivity contribution in [1.29, 1.82) is 0 Å². The number of halogens is 1. The molecule has 7 nitrogen and oxygen atoms in total. The number of aryl methyl sites for hydroxylation is 1. The van der Waals surface area contributed by atoms with Crippen LogP contribution in [0, 0.1) is 0 Å². The van der Waals surface area contributed by atoms with Gasteiger partial charge in [0.15, 0.2) is 5.69 Å². The average molecular weight is 385 g/mol. The van der Waals surface area contributed by atoms with Crippen LogP contribution in [0.15, 0.2) is 24.4 Å². The molecule has 3 aromatic heterocycles. The lowest BCUT2D eigenvalue weighted by molar-refractivity contribution is 0.0681. The number of piperidine rings is 1. The van der Waals surface area contributed by atoms with E-state index in [0.717, 1.165) is 31.2 Å². The fraction of sp³-hybridized carbons (Fsp3) is 0.474. The lowest BCUT2D eigenvalue weighted by Crippen LogP contribution is -2.39. The van der Waals surface area contributed by atoms with Gasteiger partial charge in [0, 0.05) is 24.3 Å². The third-order valence-electron chi connectivity index (χ3n) is 5.69. The highest BCUT2D eigenvalue weighted by Crippen LogP contribution is 2.28. The Kier molecular flexibility index (Phi) is 4.11. The molecular formula is C19H21ClN6O. The molecule has 1 aliphatic heterocycles. The molecule has 1 fully saturated rings. The number of hydrogen-bond acceptors (Lipinski definition) is 4. The molecule has 0 N–H and O–H groups in total. The Morgan fingerprint density at radius 2 is 1.96 bits per heavy atom. The summed E-state index contributed by atoms with van der Waals surface area (Å²) >= 11 is 6.02. The smallest absolute Gasteiger partial charge is 0.274 e. The van der Waals surface area contributed by atoms with Gasteiger partial charge in [0.05, 0.1) is 22.9 Å². The number of nitrogens with zero attached hydrogens (tertiary/aromatic N) is 6. The Labute approximate surface area is 161 Å². The monoisotopic (exact) mass is 384 g/mol. The van der Waals surface area contributed by atoms with E-state index in [0.29, 0.717) is 29.8 Å². The standard InChI is InChI=1S/C19H21ClN6O/c20-13-5-10-25-15(11-13)12-17(22-25)19(27)24-8-6-14(7-9-24)26-18-4-2-1-3-16(18)21-23-26/h5,10-12,14H,1-4,6-9H2. The molecule has 3 aromatic rings. The number of carbonyl (C=O) groups is 1. The molecule has 8 heteroatoms. The predicted octanol–water partition coefficient (Wildman–Crippen LogP) is 2.94. The summed E-state index contributed by atoms with van der Waals surface area (Å²) in [5.41, 5.74) is 3.77. The van der Waals surface area contributed by atoms with Crippen LogP contribution in [-0.4, -0.2) is 48.5 Å². The first kappa shape index (κ1) is 16.7. The zero-order chi connectivity index (χ0) is 18.4. The second-order valence-electron chi connectivity index (χ2n) is 7.40. The first-order valence-corrected chi connectivity index (χ1v) is 9.94. The van der Waals surface area contributed by atoms with Crippen molar-refractivity contribution in [3.05, 3.63) is 46.5 Å². The van der Waals surface area contributed by atoms with Crippen LogP contribution < -0.4 is 0 Å². The first-order valence-electron chi connectivity index (χ1n) is 9.56. The molecule has 2 aliphatic rings. The van der Waals surface area contributed by atoms with Crippen LogP contribution in [0.5, 0.6) is 0 Å². The van der Waals surface area contributed by atoms with Gasteiger partial charge < -0.3 is 4.90 Å². The van der Waals surface area contributed by atoms with Crippen LogP contribution in [0.1, 0.15) is 53.6 Å². The molecule has 1 amide bonds. The highest BCUT2D eigenvalue weighted by molar-refractivity contribution is 6.30. The maximum atomic E-state index is 12.9. The number of carbonyl (C=O) groups excluding carboxylic acids is 1. The SMILES string of the molecule is O=C(c1cc2cc(Cl)ccn2n1)N1CCC(n2nnc3c2CCCC3)CC1. The Morgan fingerprint density at radius 3 is 2.81 bits per heavy atom. The second kappa shape index (κ2) is 6.64. The summed E-state index contributed by atoms with van der Waals surface area (Å²) < 4.78 is 3.82. The van der Waals surface area contributed by atoms with Crippen LogP contribution in [0.4, 0.5) is 0 Å². The van der Waals surface area contributed by atoms with Gasteiger partial charge in [-0.1, -0.05) is 16.8 Å². The molecule has 0 radical (unpaired) electrons. The minimum atomic E-state index is -0.0195. The lowest BCUT2D eigenvalue weighted by Gasteiger charge is -2.32.